The van der Waals surface area contributed by atoms with Crippen molar-refractivity contribution >= 4 is 18.4 Å². The summed E-state index contributed by atoms with van der Waals surface area (Å²) in [6.07, 6.45) is 3.71. The summed E-state index contributed by atoms with van der Waals surface area (Å²) in [7, 11) is 0. The summed E-state index contributed by atoms with van der Waals surface area (Å²) in [5, 5.41) is 3.13. The van der Waals surface area contributed by atoms with Gasteiger partial charge < -0.3 is 10.1 Å². The predicted octanol–water partition coefficient (Wildman–Crippen LogP) is 1.11. The largest absolute Gasteiger partial charge is 0.465 e. The van der Waals surface area contributed by atoms with Gasteiger partial charge in [-0.05, 0) is 19.8 Å². The Morgan fingerprint density at radius 1 is 1.58 bits per heavy atom. The summed E-state index contributed by atoms with van der Waals surface area (Å²) >= 11 is 0. The number of rotatable bonds is 4. The molecule has 0 heterocycles. The smallest absolute Gasteiger partial charge is 0.319 e. The lowest BCUT2D eigenvalue weighted by molar-refractivity contribution is -0.142. The zero-order valence-corrected chi connectivity index (χ0v) is 8.15. The van der Waals surface area contributed by atoms with Crippen LogP contribution in [0.4, 0.5) is 0 Å². The van der Waals surface area contributed by atoms with Crippen LogP contribution in [0.25, 0.3) is 0 Å². The van der Waals surface area contributed by atoms with Gasteiger partial charge in [-0.1, -0.05) is 6.42 Å². The molecule has 0 aliphatic heterocycles. The predicted molar refractivity (Wildman–Crippen MR) is 49.5 cm³/mol. The van der Waals surface area contributed by atoms with Gasteiger partial charge >= 0.3 is 5.97 Å². The van der Waals surface area contributed by atoms with E-state index in [1.54, 1.807) is 0 Å². The number of esters is 1. The molecule has 0 atom stereocenters. The Morgan fingerprint density at radius 2 is 2.25 bits per heavy atom. The summed E-state index contributed by atoms with van der Waals surface area (Å²) in [5.41, 5.74) is 0. The van der Waals surface area contributed by atoms with Gasteiger partial charge in [0.2, 0.25) is 0 Å². The van der Waals surface area contributed by atoms with Gasteiger partial charge in [-0.25, -0.2) is 0 Å². The minimum Gasteiger partial charge on any atom is -0.465 e. The van der Waals surface area contributed by atoms with E-state index in [0.29, 0.717) is 19.2 Å². The van der Waals surface area contributed by atoms with E-state index in [1.807, 2.05) is 6.92 Å². The molecular formula is C8H16ClNO2. The monoisotopic (exact) mass is 193 g/mol. The number of halogens is 1. The van der Waals surface area contributed by atoms with E-state index in [2.05, 4.69) is 5.32 Å². The standard InChI is InChI=1S/C8H15NO2.ClH/c1-2-11-8(10)6-9-7-4-3-5-7;/h7,9H,2-6H2,1H3;1H. The molecule has 12 heavy (non-hydrogen) atoms. The first-order valence-corrected chi connectivity index (χ1v) is 4.22. The third-order valence-electron chi connectivity index (χ3n) is 1.95. The minimum absolute atomic E-state index is 0. The van der Waals surface area contributed by atoms with Gasteiger partial charge in [-0.2, -0.15) is 0 Å². The maximum Gasteiger partial charge on any atom is 0.319 e. The molecule has 0 spiro atoms. The zero-order valence-electron chi connectivity index (χ0n) is 7.34. The highest BCUT2D eigenvalue weighted by atomic mass is 35.5. The van der Waals surface area contributed by atoms with Crippen LogP contribution in [0.5, 0.6) is 0 Å². The third-order valence-corrected chi connectivity index (χ3v) is 1.95. The van der Waals surface area contributed by atoms with Gasteiger partial charge in [-0.15, -0.1) is 12.4 Å². The van der Waals surface area contributed by atoms with Crippen molar-refractivity contribution in [3.8, 4) is 0 Å². The normalized spacial score (nSPS) is 16.1. The number of nitrogens with one attached hydrogen (secondary N) is 1. The van der Waals surface area contributed by atoms with Crippen LogP contribution in [0, 0.1) is 0 Å². The van der Waals surface area contributed by atoms with Crippen molar-refractivity contribution in [1.29, 1.82) is 0 Å². The molecule has 0 radical (unpaired) electrons. The fourth-order valence-corrected chi connectivity index (χ4v) is 1.05. The van der Waals surface area contributed by atoms with Crippen LogP contribution in [0.3, 0.4) is 0 Å². The second-order valence-electron chi connectivity index (χ2n) is 2.81. The van der Waals surface area contributed by atoms with E-state index in [4.69, 9.17) is 4.74 Å². The molecule has 0 unspecified atom stereocenters. The highest BCUT2D eigenvalue weighted by Gasteiger charge is 2.17. The van der Waals surface area contributed by atoms with E-state index in [0.717, 1.165) is 0 Å². The lowest BCUT2D eigenvalue weighted by Gasteiger charge is -2.25. The fraction of sp³-hybridized carbons (Fsp3) is 0.875. The molecule has 0 bridgehead atoms. The highest BCUT2D eigenvalue weighted by molar-refractivity contribution is 5.85. The van der Waals surface area contributed by atoms with Crippen LogP contribution >= 0.6 is 12.4 Å². The average Bonchev–Trinajstić information content (AvgIpc) is 1.85. The van der Waals surface area contributed by atoms with Gasteiger partial charge in [0.15, 0.2) is 0 Å². The van der Waals surface area contributed by atoms with E-state index in [1.165, 1.54) is 19.3 Å². The summed E-state index contributed by atoms with van der Waals surface area (Å²) < 4.78 is 4.76. The lowest BCUT2D eigenvalue weighted by Crippen LogP contribution is -2.38. The Bertz CT molecular complexity index is 137. The number of carbonyl (C=O) groups excluding carboxylic acids is 1. The fourth-order valence-electron chi connectivity index (χ4n) is 1.05. The van der Waals surface area contributed by atoms with Crippen molar-refractivity contribution in [2.75, 3.05) is 13.2 Å². The number of hydrogen-bond acceptors (Lipinski definition) is 3. The maximum absolute atomic E-state index is 10.8. The van der Waals surface area contributed by atoms with Gasteiger partial charge in [-0.3, -0.25) is 4.79 Å². The SMILES string of the molecule is CCOC(=O)CNC1CCC1.Cl. The van der Waals surface area contributed by atoms with Crippen LogP contribution < -0.4 is 5.32 Å². The van der Waals surface area contributed by atoms with Crippen LogP contribution in [0.1, 0.15) is 26.2 Å². The molecule has 1 fully saturated rings. The first kappa shape index (κ1) is 11.7. The molecule has 1 aliphatic carbocycles. The Kier molecular flexibility index (Phi) is 6.11. The Morgan fingerprint density at radius 3 is 2.67 bits per heavy atom. The second kappa shape index (κ2) is 6.26. The Balaban J connectivity index is 0.00000121. The van der Waals surface area contributed by atoms with E-state index >= 15 is 0 Å². The zero-order chi connectivity index (χ0) is 8.10. The van der Waals surface area contributed by atoms with Crippen molar-refractivity contribution in [3.63, 3.8) is 0 Å². The van der Waals surface area contributed by atoms with Crippen LogP contribution in [0.2, 0.25) is 0 Å². The third kappa shape index (κ3) is 3.93. The van der Waals surface area contributed by atoms with Gasteiger partial charge in [0.05, 0.1) is 13.2 Å². The van der Waals surface area contributed by atoms with Gasteiger partial charge in [0.1, 0.15) is 0 Å². The molecule has 1 rings (SSSR count). The second-order valence-corrected chi connectivity index (χ2v) is 2.81. The van der Waals surface area contributed by atoms with Crippen LogP contribution in [-0.2, 0) is 9.53 Å². The topological polar surface area (TPSA) is 38.3 Å². The minimum atomic E-state index is -0.139. The van der Waals surface area contributed by atoms with Crippen LogP contribution in [-0.4, -0.2) is 25.2 Å². The molecule has 3 nitrogen and oxygen atoms in total. The summed E-state index contributed by atoms with van der Waals surface area (Å²) in [5.74, 6) is -0.139. The molecule has 0 amide bonds. The molecular weight excluding hydrogens is 178 g/mol. The van der Waals surface area contributed by atoms with Crippen molar-refractivity contribution < 1.29 is 9.53 Å². The van der Waals surface area contributed by atoms with Crippen LogP contribution in [0.15, 0.2) is 0 Å². The van der Waals surface area contributed by atoms with Crippen molar-refractivity contribution in [2.45, 2.75) is 32.2 Å². The Labute approximate surface area is 79.3 Å². The molecule has 0 saturated heterocycles. The first-order chi connectivity index (χ1) is 5.33. The molecule has 0 aromatic carbocycles. The van der Waals surface area contributed by atoms with Crippen molar-refractivity contribution in [3.05, 3.63) is 0 Å². The number of ether oxygens (including phenoxy) is 1. The molecule has 1 saturated carbocycles. The maximum atomic E-state index is 10.8. The van der Waals surface area contributed by atoms with Gasteiger partial charge in [0.25, 0.3) is 0 Å². The van der Waals surface area contributed by atoms with E-state index in [9.17, 15) is 4.79 Å². The number of hydrogen-bond donors (Lipinski definition) is 1. The average molecular weight is 194 g/mol. The Hall–Kier alpha value is -0.280. The highest BCUT2D eigenvalue weighted by Crippen LogP contribution is 2.17. The molecule has 72 valence electrons. The van der Waals surface area contributed by atoms with Crippen molar-refractivity contribution in [1.82, 2.24) is 5.32 Å². The summed E-state index contributed by atoms with van der Waals surface area (Å²) in [6, 6.07) is 0.569. The first-order valence-electron chi connectivity index (χ1n) is 4.22. The quantitative estimate of drug-likeness (QED) is 0.680. The van der Waals surface area contributed by atoms with E-state index < -0.39 is 0 Å². The summed E-state index contributed by atoms with van der Waals surface area (Å²) in [4.78, 5) is 10.8. The van der Waals surface area contributed by atoms with Gasteiger partial charge in [0, 0.05) is 6.04 Å². The lowest BCUT2D eigenvalue weighted by atomic mass is 9.93. The molecule has 1 aliphatic rings. The molecule has 1 N–H and O–H groups in total. The molecule has 4 heteroatoms. The van der Waals surface area contributed by atoms with E-state index in [-0.39, 0.29) is 18.4 Å². The molecule has 0 aromatic heterocycles. The number of carbonyl (C=O) groups is 1. The van der Waals surface area contributed by atoms with Crippen molar-refractivity contribution in [2.24, 2.45) is 0 Å². The molecule has 0 aromatic rings. The summed E-state index contributed by atoms with van der Waals surface area (Å²) in [6.45, 7) is 2.67.